The van der Waals surface area contributed by atoms with Gasteiger partial charge in [0.1, 0.15) is 48.5 Å². The number of nitrogens with one attached hydrogen (secondary N) is 6. The fourth-order valence-corrected chi connectivity index (χ4v) is 8.17. The number of amides is 8. The van der Waals surface area contributed by atoms with Crippen molar-refractivity contribution in [1.82, 2.24) is 56.9 Å². The minimum atomic E-state index is -1.63. The van der Waals surface area contributed by atoms with Crippen LogP contribution in [-0.4, -0.2) is 199 Å². The third-order valence-electron chi connectivity index (χ3n) is 12.2. The Morgan fingerprint density at radius 1 is 0.763 bits per heavy atom. The van der Waals surface area contributed by atoms with Gasteiger partial charge in [0.2, 0.25) is 47.3 Å². The minimum absolute atomic E-state index is 0.0256. The van der Waals surface area contributed by atoms with Crippen LogP contribution in [0.2, 0.25) is 0 Å². The molecule has 3 heterocycles. The van der Waals surface area contributed by atoms with Gasteiger partial charge >= 0.3 is 23.9 Å². The van der Waals surface area contributed by atoms with Crippen LogP contribution in [0.1, 0.15) is 116 Å². The zero-order chi connectivity index (χ0) is 56.8. The first-order chi connectivity index (χ1) is 35.9. The van der Waals surface area contributed by atoms with E-state index in [1.165, 1.54) is 6.92 Å². The van der Waals surface area contributed by atoms with E-state index in [0.717, 1.165) is 22.9 Å². The average Bonchev–Trinajstić information content (AvgIpc) is 4.17. The number of aliphatic carboxylic acids is 2. The van der Waals surface area contributed by atoms with E-state index in [4.69, 9.17) is 21.0 Å². The zero-order valence-corrected chi connectivity index (χ0v) is 43.0. The van der Waals surface area contributed by atoms with Crippen molar-refractivity contribution in [2.45, 2.75) is 154 Å². The highest BCUT2D eigenvalue weighted by atomic mass is 16.7. The smallest absolute Gasteiger partial charge is 0.360 e. The summed E-state index contributed by atoms with van der Waals surface area (Å²) in [5.41, 5.74) is 10.4. The number of carboxylic acids is 2. The molecule has 0 radical (unpaired) electrons. The Morgan fingerprint density at radius 3 is 1.93 bits per heavy atom. The van der Waals surface area contributed by atoms with Crippen LogP contribution in [0.4, 0.5) is 0 Å². The monoisotopic (exact) mass is 1080 g/mol. The molecule has 0 aromatic carbocycles. The number of hydrogen-bond donors (Lipinski definition) is 11. The molecular weight excluding hydrogens is 1010 g/mol. The Balaban J connectivity index is 1.72. The number of carboxylic acid groups (broad SMARTS) is 2. The van der Waals surface area contributed by atoms with Crippen molar-refractivity contribution in [3.8, 4) is 0 Å². The fourth-order valence-electron chi connectivity index (χ4n) is 8.17. The summed E-state index contributed by atoms with van der Waals surface area (Å²) in [5, 5.41) is 51.5. The molecule has 31 heteroatoms. The van der Waals surface area contributed by atoms with Crippen LogP contribution in [0.15, 0.2) is 11.2 Å². The Kier molecular flexibility index (Phi) is 24.9. The van der Waals surface area contributed by atoms with E-state index in [1.54, 1.807) is 20.8 Å². The van der Waals surface area contributed by atoms with Crippen molar-refractivity contribution in [2.24, 2.45) is 22.4 Å². The van der Waals surface area contributed by atoms with Gasteiger partial charge in [-0.3, -0.25) is 52.9 Å². The molecule has 9 atom stereocenters. The Morgan fingerprint density at radius 2 is 1.36 bits per heavy atom. The number of nitrogens with zero attached hydrogens (tertiary/aromatic N) is 6. The van der Waals surface area contributed by atoms with Gasteiger partial charge in [0.05, 0.1) is 19.3 Å². The highest BCUT2D eigenvalue weighted by Gasteiger charge is 2.44. The molecule has 31 nitrogen and oxygen atoms in total. The van der Waals surface area contributed by atoms with Crippen LogP contribution in [0.3, 0.4) is 0 Å². The Labute approximate surface area is 436 Å². The van der Waals surface area contributed by atoms with Crippen LogP contribution >= 0.6 is 0 Å². The van der Waals surface area contributed by atoms with E-state index in [2.05, 4.69) is 47.2 Å². The van der Waals surface area contributed by atoms with Gasteiger partial charge in [-0.15, -0.1) is 5.10 Å². The number of carbonyl (C=O) groups is 12. The molecule has 2 aliphatic heterocycles. The van der Waals surface area contributed by atoms with Gasteiger partial charge in [0, 0.05) is 39.4 Å². The molecule has 1 aromatic heterocycles. The van der Waals surface area contributed by atoms with E-state index in [1.807, 2.05) is 0 Å². The van der Waals surface area contributed by atoms with Crippen molar-refractivity contribution < 1.29 is 82.4 Å². The van der Waals surface area contributed by atoms with Crippen LogP contribution in [0, 0.1) is 5.92 Å². The third kappa shape index (κ3) is 19.4. The van der Waals surface area contributed by atoms with E-state index in [9.17, 15) is 72.9 Å². The number of aromatic nitrogens is 3. The topological polar surface area (TPSA) is 458 Å². The Hall–Kier alpha value is -7.99. The summed E-state index contributed by atoms with van der Waals surface area (Å²) >= 11 is 0. The maximum absolute atomic E-state index is 14.1. The van der Waals surface area contributed by atoms with Crippen LogP contribution in [0.25, 0.3) is 0 Å². The van der Waals surface area contributed by atoms with Crippen LogP contribution in [-0.2, 0) is 57.5 Å². The first-order valence-corrected chi connectivity index (χ1v) is 24.7. The summed E-state index contributed by atoms with van der Waals surface area (Å²) in [6, 6.07) is -9.75. The van der Waals surface area contributed by atoms with Gasteiger partial charge in [0.25, 0.3) is 0 Å². The molecule has 13 N–H and O–H groups in total. The van der Waals surface area contributed by atoms with E-state index in [0.29, 0.717) is 17.7 Å². The van der Waals surface area contributed by atoms with E-state index in [-0.39, 0.29) is 70.0 Å². The van der Waals surface area contributed by atoms with E-state index < -0.39 is 158 Å². The van der Waals surface area contributed by atoms with Crippen molar-refractivity contribution in [1.29, 1.82) is 0 Å². The summed E-state index contributed by atoms with van der Waals surface area (Å²) in [6.45, 7) is 6.57. The second-order valence-electron chi connectivity index (χ2n) is 18.1. The first-order valence-electron chi connectivity index (χ1n) is 24.7. The average molecular weight is 1080 g/mol. The number of aliphatic hydroxyl groups is 1. The molecule has 0 spiro atoms. The number of carbonyl (C=O) groups excluding carboxylic acids is 10. The standard InChI is InChI=1S/C45H70N14O17/c1-6-23(3)35(53-38(68)27(14-16-33(63)64)52-37(67)26(50-25(5)61)11-8-18-48-45(46)47)40(70)49-21-32(62)51-28(15-17-34(65)66)41(71)57-19-9-12-30(57)39(69)54-36(24(4)60)42(72)58-20-10-13-31(58)44(74)76-59-22-29(55-56-59)43(73)75-7-2/h22-24,26-28,30-31,35-36,60H,6-21H2,1-5H3,(H,49,70)(H,50,61)(H,51,62)(H,52,67)(H,53,68)(H,54,69)(H,63,64)(H,65,66)(H4,46,47,48)/t23-,24+,26-,27-,28-,30-,31-,35-,36-/m0/s1. The minimum Gasteiger partial charge on any atom is -0.481 e. The number of guanidine groups is 1. The maximum atomic E-state index is 14.1. The highest BCUT2D eigenvalue weighted by Crippen LogP contribution is 2.23. The normalized spacial score (nSPS) is 17.7. The zero-order valence-electron chi connectivity index (χ0n) is 43.0. The number of likely N-dealkylation sites (tertiary alicyclic amines) is 2. The number of aliphatic hydroxyl groups excluding tert-OH is 1. The molecule has 0 unspecified atom stereocenters. The lowest BCUT2D eigenvalue weighted by atomic mass is 9.97. The molecule has 2 aliphatic rings. The summed E-state index contributed by atoms with van der Waals surface area (Å²) < 4.78 is 4.84. The lowest BCUT2D eigenvalue weighted by molar-refractivity contribution is -0.157. The van der Waals surface area contributed by atoms with Gasteiger partial charge in [-0.05, 0) is 76.3 Å². The number of rotatable bonds is 30. The third-order valence-corrected chi connectivity index (χ3v) is 12.2. The summed E-state index contributed by atoms with van der Waals surface area (Å²) in [7, 11) is 0. The van der Waals surface area contributed by atoms with Crippen molar-refractivity contribution in [3.05, 3.63) is 11.9 Å². The maximum Gasteiger partial charge on any atom is 0.360 e. The molecule has 3 rings (SSSR count). The summed E-state index contributed by atoms with van der Waals surface area (Å²) in [5.74, 6) is -12.1. The van der Waals surface area contributed by atoms with Gasteiger partial charge in [-0.25, -0.2) is 9.59 Å². The molecule has 76 heavy (non-hydrogen) atoms. The predicted molar refractivity (Wildman–Crippen MR) is 260 cm³/mol. The van der Waals surface area contributed by atoms with Crippen LogP contribution < -0.4 is 48.2 Å². The molecule has 2 fully saturated rings. The molecule has 0 bridgehead atoms. The molecule has 422 valence electrons. The SMILES string of the molecule is CCOC(=O)c1cn(OC(=O)[C@@H]2CCCN2C(=O)[C@@H](NC(=O)[C@@H]2CCCN2C(=O)[C@H](CCC(=O)O)NC(=O)CNC(=O)[C@@H](NC(=O)[C@H](CCC(=O)O)NC(=O)[C@H](CCCN=C(N)N)NC(C)=O)[C@@H](C)CC)[C@@H](C)O)nn1. The number of ether oxygens (including phenoxy) is 1. The number of aliphatic imine (C=N–C) groups is 1. The molecule has 8 amide bonds. The molecule has 2 saturated heterocycles. The second kappa shape index (κ2) is 30.4. The number of hydrogen-bond acceptors (Lipinski definition) is 18. The molecule has 1 aromatic rings. The summed E-state index contributed by atoms with van der Waals surface area (Å²) in [4.78, 5) is 168. The molecule has 0 aliphatic carbocycles. The van der Waals surface area contributed by atoms with Crippen LogP contribution in [0.5, 0.6) is 0 Å². The predicted octanol–water partition coefficient (Wildman–Crippen LogP) is -4.84. The second-order valence-corrected chi connectivity index (χ2v) is 18.1. The van der Waals surface area contributed by atoms with Gasteiger partial charge in [-0.1, -0.05) is 25.1 Å². The van der Waals surface area contributed by atoms with Gasteiger partial charge in [0.15, 0.2) is 11.7 Å². The van der Waals surface area contributed by atoms with Crippen molar-refractivity contribution >= 4 is 77.1 Å². The summed E-state index contributed by atoms with van der Waals surface area (Å²) in [6.07, 6.45) is -1.31. The number of esters is 1. The lowest BCUT2D eigenvalue weighted by Crippen LogP contribution is -2.60. The largest absolute Gasteiger partial charge is 0.481 e. The number of nitrogens with two attached hydrogens (primary N) is 2. The lowest BCUT2D eigenvalue weighted by Gasteiger charge is -2.32. The quantitative estimate of drug-likeness (QED) is 0.0113. The van der Waals surface area contributed by atoms with Gasteiger partial charge in [-0.2, -0.15) is 0 Å². The van der Waals surface area contributed by atoms with Crippen molar-refractivity contribution in [2.75, 3.05) is 32.8 Å². The van der Waals surface area contributed by atoms with Gasteiger partial charge < -0.3 is 78.1 Å². The first kappa shape index (κ1) is 62.3. The molecular formula is C45H70N14O17. The Bertz CT molecular complexity index is 2310. The fraction of sp³-hybridized carbons (Fsp3) is 0.667. The van der Waals surface area contributed by atoms with Crippen molar-refractivity contribution in [3.63, 3.8) is 0 Å². The highest BCUT2D eigenvalue weighted by molar-refractivity contribution is 5.98. The van der Waals surface area contributed by atoms with E-state index >= 15 is 0 Å². The molecule has 0 saturated carbocycles.